The molecule has 218 valence electrons. The summed E-state index contributed by atoms with van der Waals surface area (Å²) in [5.74, 6) is -0.162. The Balaban J connectivity index is 1.58. The summed E-state index contributed by atoms with van der Waals surface area (Å²) in [7, 11) is 0. The van der Waals surface area contributed by atoms with Crippen molar-refractivity contribution < 1.29 is 18.3 Å². The maximum atomic E-state index is 15.3. The lowest BCUT2D eigenvalue weighted by Crippen LogP contribution is -2.16. The van der Waals surface area contributed by atoms with Crippen molar-refractivity contribution in [2.75, 3.05) is 13.2 Å². The molecule has 0 saturated heterocycles. The van der Waals surface area contributed by atoms with Crippen LogP contribution in [-0.4, -0.2) is 19.3 Å². The fraction of sp³-hybridized carbons (Fsp3) is 0.500. The summed E-state index contributed by atoms with van der Waals surface area (Å²) in [5, 5.41) is 0. The minimum Gasteiger partial charge on any atom is -0.494 e. The Bertz CT molecular complexity index is 1140. The first-order valence-corrected chi connectivity index (χ1v) is 15.3. The van der Waals surface area contributed by atoms with Gasteiger partial charge in [0.25, 0.3) is 0 Å². The minimum absolute atomic E-state index is 0.272. The number of halogens is 2. The Labute approximate surface area is 241 Å². The van der Waals surface area contributed by atoms with Crippen LogP contribution in [0.4, 0.5) is 8.78 Å². The van der Waals surface area contributed by atoms with E-state index in [4.69, 9.17) is 9.47 Å². The predicted octanol–water partition coefficient (Wildman–Crippen LogP) is 10.8. The summed E-state index contributed by atoms with van der Waals surface area (Å²) in [6, 6.07) is 18.9. The van der Waals surface area contributed by atoms with Crippen molar-refractivity contribution in [2.45, 2.75) is 98.0 Å². The molecule has 0 aromatic heterocycles. The molecule has 0 saturated carbocycles. The highest BCUT2D eigenvalue weighted by Crippen LogP contribution is 2.35. The zero-order valence-corrected chi connectivity index (χ0v) is 25.0. The summed E-state index contributed by atoms with van der Waals surface area (Å²) in [5.41, 5.74) is 3.25. The summed E-state index contributed by atoms with van der Waals surface area (Å²) in [4.78, 5) is 0. The van der Waals surface area contributed by atoms with E-state index in [-0.39, 0.29) is 6.10 Å². The lowest BCUT2D eigenvalue weighted by Gasteiger charge is -2.16. The molecule has 0 aliphatic rings. The fourth-order valence-electron chi connectivity index (χ4n) is 4.82. The Hall–Kier alpha value is -2.72. The van der Waals surface area contributed by atoms with Crippen LogP contribution < -0.4 is 4.74 Å². The zero-order chi connectivity index (χ0) is 28.7. The molecular formula is C36H48F2O2. The van der Waals surface area contributed by atoms with Crippen molar-refractivity contribution in [1.29, 1.82) is 0 Å². The normalized spacial score (nSPS) is 12.2. The number of hydrogen-bond acceptors (Lipinski definition) is 2. The van der Waals surface area contributed by atoms with E-state index in [9.17, 15) is 0 Å². The molecular weight excluding hydrogens is 502 g/mol. The van der Waals surface area contributed by atoms with Crippen molar-refractivity contribution in [2.24, 2.45) is 5.92 Å². The van der Waals surface area contributed by atoms with Gasteiger partial charge < -0.3 is 9.47 Å². The van der Waals surface area contributed by atoms with E-state index in [0.29, 0.717) is 35.6 Å². The average Bonchev–Trinajstić information content (AvgIpc) is 2.96. The average molecular weight is 551 g/mol. The Morgan fingerprint density at radius 2 is 1.27 bits per heavy atom. The van der Waals surface area contributed by atoms with E-state index in [2.05, 4.69) is 27.7 Å². The third-order valence-electron chi connectivity index (χ3n) is 7.72. The van der Waals surface area contributed by atoms with Crippen LogP contribution in [-0.2, 0) is 11.2 Å². The SMILES string of the molecule is CCCCCCCCCc1ccc(-c2ccccc2-c2ccc(OCCCCOC(C)C(C)C)cc2)c(F)c1F. The molecule has 4 heteroatoms. The highest BCUT2D eigenvalue weighted by molar-refractivity contribution is 5.84. The van der Waals surface area contributed by atoms with E-state index in [1.165, 1.54) is 25.7 Å². The maximum absolute atomic E-state index is 15.3. The molecule has 0 radical (unpaired) electrons. The van der Waals surface area contributed by atoms with Gasteiger partial charge in [0.15, 0.2) is 11.6 Å². The summed E-state index contributed by atoms with van der Waals surface area (Å²) in [6.07, 6.45) is 10.8. The molecule has 3 rings (SSSR count). The topological polar surface area (TPSA) is 18.5 Å². The van der Waals surface area contributed by atoms with Gasteiger partial charge in [0.05, 0.1) is 12.7 Å². The van der Waals surface area contributed by atoms with Gasteiger partial charge in [0.1, 0.15) is 5.75 Å². The van der Waals surface area contributed by atoms with Crippen molar-refractivity contribution >= 4 is 0 Å². The van der Waals surface area contributed by atoms with Crippen LogP contribution >= 0.6 is 0 Å². The molecule has 1 unspecified atom stereocenters. The third-order valence-corrected chi connectivity index (χ3v) is 7.72. The van der Waals surface area contributed by atoms with Gasteiger partial charge in [0, 0.05) is 12.2 Å². The number of benzene rings is 3. The third kappa shape index (κ3) is 9.73. The molecule has 0 aliphatic carbocycles. The number of ether oxygens (including phenoxy) is 2. The Morgan fingerprint density at radius 3 is 1.98 bits per heavy atom. The summed E-state index contributed by atoms with van der Waals surface area (Å²) in [6.45, 7) is 10.0. The van der Waals surface area contributed by atoms with Gasteiger partial charge in [-0.05, 0) is 72.9 Å². The largest absolute Gasteiger partial charge is 0.494 e. The highest BCUT2D eigenvalue weighted by atomic mass is 19.2. The molecule has 0 amide bonds. The molecule has 2 nitrogen and oxygen atoms in total. The Morgan fingerprint density at radius 1 is 0.625 bits per heavy atom. The molecule has 3 aromatic carbocycles. The first kappa shape index (κ1) is 31.8. The summed E-state index contributed by atoms with van der Waals surface area (Å²) < 4.78 is 42.1. The van der Waals surface area contributed by atoms with Gasteiger partial charge in [-0.1, -0.05) is 108 Å². The van der Waals surface area contributed by atoms with Crippen LogP contribution in [0, 0.1) is 17.6 Å². The molecule has 0 bridgehead atoms. The van der Waals surface area contributed by atoms with Gasteiger partial charge in [-0.2, -0.15) is 0 Å². The van der Waals surface area contributed by atoms with Crippen LogP contribution in [0.15, 0.2) is 60.7 Å². The predicted molar refractivity (Wildman–Crippen MR) is 164 cm³/mol. The van der Waals surface area contributed by atoms with E-state index >= 15 is 8.78 Å². The Kier molecular flexibility index (Phi) is 13.7. The second-order valence-corrected chi connectivity index (χ2v) is 11.2. The molecule has 3 aromatic rings. The van der Waals surface area contributed by atoms with Gasteiger partial charge in [0.2, 0.25) is 0 Å². The van der Waals surface area contributed by atoms with Crippen LogP contribution in [0.3, 0.4) is 0 Å². The first-order chi connectivity index (χ1) is 19.4. The van der Waals surface area contributed by atoms with Gasteiger partial charge >= 0.3 is 0 Å². The van der Waals surface area contributed by atoms with E-state index in [0.717, 1.165) is 55.6 Å². The molecule has 0 spiro atoms. The minimum atomic E-state index is -0.764. The van der Waals surface area contributed by atoms with Crippen molar-refractivity contribution in [1.82, 2.24) is 0 Å². The first-order valence-electron chi connectivity index (χ1n) is 15.3. The monoisotopic (exact) mass is 550 g/mol. The summed E-state index contributed by atoms with van der Waals surface area (Å²) >= 11 is 0. The molecule has 0 heterocycles. The van der Waals surface area contributed by atoms with Crippen LogP contribution in [0.25, 0.3) is 22.3 Å². The zero-order valence-electron chi connectivity index (χ0n) is 25.0. The fourth-order valence-corrected chi connectivity index (χ4v) is 4.82. The van der Waals surface area contributed by atoms with Crippen LogP contribution in [0.1, 0.15) is 91.0 Å². The quantitative estimate of drug-likeness (QED) is 0.147. The van der Waals surface area contributed by atoms with E-state index in [1.54, 1.807) is 12.1 Å². The van der Waals surface area contributed by atoms with Gasteiger partial charge in [-0.15, -0.1) is 0 Å². The molecule has 1 atom stereocenters. The number of aryl methyl sites for hydroxylation is 1. The number of rotatable bonds is 18. The maximum Gasteiger partial charge on any atom is 0.166 e. The van der Waals surface area contributed by atoms with Gasteiger partial charge in [-0.25, -0.2) is 8.78 Å². The molecule has 0 N–H and O–H groups in total. The van der Waals surface area contributed by atoms with E-state index in [1.807, 2.05) is 48.5 Å². The standard InChI is InChI=1S/C36H48F2O2/c1-5-6-7-8-9-10-11-16-30-21-24-34(36(38)35(30)37)33-18-13-12-17-32(33)29-19-22-31(23-20-29)40-26-15-14-25-39-28(4)27(2)3/h12-13,17-24,27-28H,5-11,14-16,25-26H2,1-4H3. The van der Waals surface area contributed by atoms with Crippen LogP contribution in [0.2, 0.25) is 0 Å². The molecule has 40 heavy (non-hydrogen) atoms. The van der Waals surface area contributed by atoms with Crippen LogP contribution in [0.5, 0.6) is 5.75 Å². The molecule has 0 fully saturated rings. The van der Waals surface area contributed by atoms with E-state index < -0.39 is 11.6 Å². The van der Waals surface area contributed by atoms with Crippen molar-refractivity contribution in [3.05, 3.63) is 77.9 Å². The number of hydrogen-bond donors (Lipinski definition) is 0. The second-order valence-electron chi connectivity index (χ2n) is 11.2. The van der Waals surface area contributed by atoms with Crippen molar-refractivity contribution in [3.8, 4) is 28.0 Å². The second kappa shape index (κ2) is 17.2. The lowest BCUT2D eigenvalue weighted by atomic mass is 9.93. The van der Waals surface area contributed by atoms with Gasteiger partial charge in [-0.3, -0.25) is 0 Å². The highest BCUT2D eigenvalue weighted by Gasteiger charge is 2.17. The smallest absolute Gasteiger partial charge is 0.166 e. The lowest BCUT2D eigenvalue weighted by molar-refractivity contribution is 0.0320. The molecule has 0 aliphatic heterocycles. The number of unbranched alkanes of at least 4 members (excludes halogenated alkanes) is 7. The van der Waals surface area contributed by atoms with Crippen molar-refractivity contribution in [3.63, 3.8) is 0 Å².